The lowest BCUT2D eigenvalue weighted by molar-refractivity contribution is 0.727. The highest BCUT2D eigenvalue weighted by Gasteiger charge is 2.41. The van der Waals surface area contributed by atoms with Gasteiger partial charge in [-0.3, -0.25) is 0 Å². The summed E-state index contributed by atoms with van der Waals surface area (Å²) in [5.41, 5.74) is 15.9. The van der Waals surface area contributed by atoms with Crippen molar-refractivity contribution in [3.05, 3.63) is 225 Å². The van der Waals surface area contributed by atoms with E-state index < -0.39 is 5.41 Å². The summed E-state index contributed by atoms with van der Waals surface area (Å²) in [6, 6.07) is 62.7. The van der Waals surface area contributed by atoms with Crippen LogP contribution in [0.4, 0.5) is 0 Å². The van der Waals surface area contributed by atoms with Gasteiger partial charge in [-0.25, -0.2) is 0 Å². The van der Waals surface area contributed by atoms with E-state index in [2.05, 4.69) is 202 Å². The number of fused-ring (bicyclic) bond motifs is 1. The van der Waals surface area contributed by atoms with Gasteiger partial charge in [0.15, 0.2) is 0 Å². The maximum atomic E-state index is 3.65. The maximum Gasteiger partial charge on any atom is 0.0707 e. The van der Waals surface area contributed by atoms with Gasteiger partial charge in [-0.05, 0) is 104 Å². The molecule has 0 spiro atoms. The molecule has 0 bridgehead atoms. The molecule has 0 aliphatic carbocycles. The summed E-state index contributed by atoms with van der Waals surface area (Å²) in [5.74, 6) is 0. The van der Waals surface area contributed by atoms with E-state index in [0.29, 0.717) is 0 Å². The molecule has 1 aliphatic rings. The smallest absolute Gasteiger partial charge is 0.0707 e. The minimum Gasteiger partial charge on any atom is -0.381 e. The Morgan fingerprint density at radius 3 is 1.92 bits per heavy atom. The third-order valence-corrected chi connectivity index (χ3v) is 10.8. The SMILES string of the molecule is CCc1ccccc1C(c1ccccc1)(c1ccccc1)c1cccc(-c2cc(-c3cccc(C4=c5ccccc5=CCN4)c3)ccc2C)c1C. The topological polar surface area (TPSA) is 12.0 Å². The molecule has 1 N–H and O–H groups in total. The van der Waals surface area contributed by atoms with Crippen LogP contribution in [-0.2, 0) is 11.8 Å². The number of nitrogens with one attached hydrogen (secondary N) is 1. The molecule has 8 rings (SSSR count). The van der Waals surface area contributed by atoms with E-state index in [1.807, 2.05) is 0 Å². The predicted octanol–water partition coefficient (Wildman–Crippen LogP) is 10.1. The Balaban J connectivity index is 1.33. The van der Waals surface area contributed by atoms with E-state index in [-0.39, 0.29) is 0 Å². The zero-order chi connectivity index (χ0) is 34.8. The van der Waals surface area contributed by atoms with Crippen molar-refractivity contribution < 1.29 is 0 Å². The van der Waals surface area contributed by atoms with Crippen LogP contribution >= 0.6 is 0 Å². The number of aryl methyl sites for hydroxylation is 2. The second-order valence-corrected chi connectivity index (χ2v) is 13.6. The molecule has 1 heteroatoms. The fourth-order valence-corrected chi connectivity index (χ4v) is 8.30. The van der Waals surface area contributed by atoms with Crippen LogP contribution in [0.15, 0.2) is 170 Å². The molecule has 0 unspecified atom stereocenters. The summed E-state index contributed by atoms with van der Waals surface area (Å²) in [5, 5.41) is 6.19. The predicted molar refractivity (Wildman–Crippen MR) is 215 cm³/mol. The van der Waals surface area contributed by atoms with Crippen LogP contribution in [0.5, 0.6) is 0 Å². The van der Waals surface area contributed by atoms with E-state index >= 15 is 0 Å². The Bertz CT molecular complexity index is 2430. The van der Waals surface area contributed by atoms with Crippen molar-refractivity contribution in [3.63, 3.8) is 0 Å². The summed E-state index contributed by atoms with van der Waals surface area (Å²) in [6.45, 7) is 7.67. The van der Waals surface area contributed by atoms with E-state index in [9.17, 15) is 0 Å². The Kier molecular flexibility index (Phi) is 8.72. The van der Waals surface area contributed by atoms with E-state index in [1.54, 1.807) is 0 Å². The van der Waals surface area contributed by atoms with Crippen LogP contribution in [0, 0.1) is 13.8 Å². The van der Waals surface area contributed by atoms with Gasteiger partial charge >= 0.3 is 0 Å². The molecule has 0 atom stereocenters. The number of hydrogen-bond donors (Lipinski definition) is 1. The van der Waals surface area contributed by atoms with Gasteiger partial charge in [0.1, 0.15) is 0 Å². The van der Waals surface area contributed by atoms with E-state index in [0.717, 1.165) is 13.0 Å². The van der Waals surface area contributed by atoms with Crippen LogP contribution in [0.1, 0.15) is 51.4 Å². The fourth-order valence-electron chi connectivity index (χ4n) is 8.30. The molecule has 1 nitrogen and oxygen atoms in total. The molecule has 0 aromatic heterocycles. The van der Waals surface area contributed by atoms with Crippen LogP contribution in [0.3, 0.4) is 0 Å². The number of hydrogen-bond acceptors (Lipinski definition) is 1. The standard InChI is InChI=1S/C50H43N/c1-4-37-17-12-14-27-48(37)50(42-21-7-5-8-22-42,43-23-9-6-10-24-43)47-28-16-26-44(36(47)3)46-34-40(30-29-35(46)2)39-19-15-20-41(33-39)49-45-25-13-11-18-38(45)31-32-51-49/h5-31,33-34,51H,4,32H2,1-3H3. The number of rotatable bonds is 8. The Morgan fingerprint density at radius 1 is 0.529 bits per heavy atom. The van der Waals surface area contributed by atoms with Gasteiger partial charge in [-0.1, -0.05) is 171 Å². The third-order valence-electron chi connectivity index (χ3n) is 10.8. The second-order valence-electron chi connectivity index (χ2n) is 13.6. The van der Waals surface area contributed by atoms with Crippen LogP contribution in [0.25, 0.3) is 34.0 Å². The molecule has 1 aliphatic heterocycles. The fraction of sp³-hybridized carbons (Fsp3) is 0.120. The highest BCUT2D eigenvalue weighted by atomic mass is 14.9. The minimum absolute atomic E-state index is 0.507. The average molecular weight is 658 g/mol. The van der Waals surface area contributed by atoms with Crippen molar-refractivity contribution in [2.24, 2.45) is 0 Å². The zero-order valence-corrected chi connectivity index (χ0v) is 29.7. The lowest BCUT2D eigenvalue weighted by atomic mass is 9.62. The molecule has 0 fully saturated rings. The molecular weight excluding hydrogens is 615 g/mol. The molecule has 0 amide bonds. The van der Waals surface area contributed by atoms with Gasteiger partial charge in [0.25, 0.3) is 0 Å². The van der Waals surface area contributed by atoms with Crippen molar-refractivity contribution in [2.75, 3.05) is 6.54 Å². The van der Waals surface area contributed by atoms with Crippen LogP contribution in [-0.4, -0.2) is 6.54 Å². The first-order chi connectivity index (χ1) is 25.1. The summed E-state index contributed by atoms with van der Waals surface area (Å²) in [7, 11) is 0. The second kappa shape index (κ2) is 13.8. The highest BCUT2D eigenvalue weighted by Crippen LogP contribution is 2.49. The Morgan fingerprint density at radius 2 is 1.16 bits per heavy atom. The molecule has 248 valence electrons. The normalized spacial score (nSPS) is 12.5. The molecule has 7 aromatic carbocycles. The first-order valence-corrected chi connectivity index (χ1v) is 18.1. The van der Waals surface area contributed by atoms with Gasteiger partial charge < -0.3 is 5.32 Å². The Hall–Kier alpha value is -5.92. The zero-order valence-electron chi connectivity index (χ0n) is 29.7. The van der Waals surface area contributed by atoms with Crippen molar-refractivity contribution in [1.82, 2.24) is 5.32 Å². The lowest BCUT2D eigenvalue weighted by Gasteiger charge is -2.39. The van der Waals surface area contributed by atoms with Crippen molar-refractivity contribution in [1.29, 1.82) is 0 Å². The molecule has 51 heavy (non-hydrogen) atoms. The molecule has 7 aromatic rings. The van der Waals surface area contributed by atoms with Gasteiger partial charge in [0.05, 0.1) is 5.41 Å². The molecule has 1 heterocycles. The molecule has 0 saturated carbocycles. The first kappa shape index (κ1) is 32.3. The largest absolute Gasteiger partial charge is 0.381 e. The summed E-state index contributed by atoms with van der Waals surface area (Å²) >= 11 is 0. The molecular formula is C50H43N. The number of benzene rings is 7. The minimum atomic E-state index is -0.507. The summed E-state index contributed by atoms with van der Waals surface area (Å²) < 4.78 is 0. The summed E-state index contributed by atoms with van der Waals surface area (Å²) in [4.78, 5) is 0. The average Bonchev–Trinajstić information content (AvgIpc) is 3.20. The van der Waals surface area contributed by atoms with Crippen molar-refractivity contribution in [3.8, 4) is 22.3 Å². The van der Waals surface area contributed by atoms with Crippen LogP contribution < -0.4 is 15.8 Å². The molecule has 0 radical (unpaired) electrons. The van der Waals surface area contributed by atoms with Gasteiger partial charge in [-0.15, -0.1) is 0 Å². The van der Waals surface area contributed by atoms with Gasteiger partial charge in [0.2, 0.25) is 0 Å². The Labute approximate surface area is 302 Å². The van der Waals surface area contributed by atoms with Crippen LogP contribution in [0.2, 0.25) is 0 Å². The highest BCUT2D eigenvalue weighted by molar-refractivity contribution is 5.81. The van der Waals surface area contributed by atoms with Crippen molar-refractivity contribution in [2.45, 2.75) is 32.6 Å². The van der Waals surface area contributed by atoms with E-state index in [1.165, 1.54) is 82.9 Å². The maximum absolute atomic E-state index is 3.65. The van der Waals surface area contributed by atoms with E-state index in [4.69, 9.17) is 0 Å². The van der Waals surface area contributed by atoms with Gasteiger partial charge in [-0.2, -0.15) is 0 Å². The van der Waals surface area contributed by atoms with Gasteiger partial charge in [0, 0.05) is 17.5 Å². The third kappa shape index (κ3) is 5.69. The first-order valence-electron chi connectivity index (χ1n) is 18.1. The lowest BCUT2D eigenvalue weighted by Crippen LogP contribution is -2.37. The molecule has 0 saturated heterocycles. The van der Waals surface area contributed by atoms with Crippen molar-refractivity contribution >= 4 is 11.8 Å². The quantitative estimate of drug-likeness (QED) is 0.160. The summed E-state index contributed by atoms with van der Waals surface area (Å²) in [6.07, 6.45) is 3.21. The monoisotopic (exact) mass is 657 g/mol.